The summed E-state index contributed by atoms with van der Waals surface area (Å²) in [6.45, 7) is 3.29. The van der Waals surface area contributed by atoms with Gasteiger partial charge in [0, 0.05) is 17.7 Å². The van der Waals surface area contributed by atoms with Crippen LogP contribution >= 0.6 is 11.6 Å². The van der Waals surface area contributed by atoms with Crippen molar-refractivity contribution in [3.05, 3.63) is 76.7 Å². The van der Waals surface area contributed by atoms with Crippen molar-refractivity contribution >= 4 is 27.3 Å². The Morgan fingerprint density at radius 2 is 1.78 bits per heavy atom. The highest BCUT2D eigenvalue weighted by atomic mass is 35.5. The summed E-state index contributed by atoms with van der Waals surface area (Å²) in [5.41, 5.74) is 0.150. The van der Waals surface area contributed by atoms with Crippen LogP contribution in [0.3, 0.4) is 0 Å². The van der Waals surface area contributed by atoms with Gasteiger partial charge in [0.05, 0.1) is 21.6 Å². The number of hydrogen-bond acceptors (Lipinski definition) is 4. The van der Waals surface area contributed by atoms with Gasteiger partial charge in [-0.05, 0) is 72.8 Å². The molecule has 2 aromatic rings. The third kappa shape index (κ3) is 5.61. The lowest BCUT2D eigenvalue weighted by Gasteiger charge is -2.74. The van der Waals surface area contributed by atoms with E-state index in [1.807, 2.05) is 19.9 Å². The monoisotopic (exact) mass is 612 g/mol. The Labute approximate surface area is 242 Å². The second-order valence-electron chi connectivity index (χ2n) is 12.5. The van der Waals surface area contributed by atoms with E-state index in [0.717, 1.165) is 5.70 Å². The molecule has 222 valence electrons. The van der Waals surface area contributed by atoms with E-state index in [2.05, 4.69) is 10.6 Å². The van der Waals surface area contributed by atoms with Crippen LogP contribution in [0.15, 0.2) is 65.2 Å². The topological polar surface area (TPSA) is 75.3 Å². The number of amides is 1. The summed E-state index contributed by atoms with van der Waals surface area (Å²) < 4.78 is 79.6. The maximum absolute atomic E-state index is 14.0. The molecule has 2 atom stereocenters. The van der Waals surface area contributed by atoms with E-state index < -0.39 is 62.8 Å². The summed E-state index contributed by atoms with van der Waals surface area (Å²) in [6, 6.07) is 11.8. The molecule has 5 nitrogen and oxygen atoms in total. The third-order valence-electron chi connectivity index (χ3n) is 9.06. The van der Waals surface area contributed by atoms with E-state index >= 15 is 0 Å². The molecule has 1 amide bonds. The smallest absolute Gasteiger partial charge is 0.376 e. The molecular formula is C30H33ClF4N2O3S. The maximum atomic E-state index is 14.0. The van der Waals surface area contributed by atoms with E-state index in [4.69, 9.17) is 11.6 Å². The number of benzene rings is 2. The minimum Gasteiger partial charge on any atom is -0.376 e. The summed E-state index contributed by atoms with van der Waals surface area (Å²) in [5, 5.41) is 4.92. The fraction of sp³-hybridized carbons (Fsp3) is 0.500. The van der Waals surface area contributed by atoms with Crippen LogP contribution in [0.1, 0.15) is 51.5 Å². The van der Waals surface area contributed by atoms with Gasteiger partial charge in [0.15, 0.2) is 9.84 Å². The Balaban J connectivity index is 1.35. The van der Waals surface area contributed by atoms with E-state index in [-0.39, 0.29) is 21.8 Å². The molecule has 0 saturated heterocycles. The van der Waals surface area contributed by atoms with Crippen molar-refractivity contribution in [3.63, 3.8) is 0 Å². The number of carbonyl (C=O) groups excluding carboxylic acids is 1. The largest absolute Gasteiger partial charge is 0.390 e. The molecule has 1 heterocycles. The Kier molecular flexibility index (Phi) is 7.50. The van der Waals surface area contributed by atoms with Gasteiger partial charge in [-0.2, -0.15) is 13.2 Å². The van der Waals surface area contributed by atoms with Crippen LogP contribution < -0.4 is 10.6 Å². The second-order valence-corrected chi connectivity index (χ2v) is 15.1. The van der Waals surface area contributed by atoms with Crippen molar-refractivity contribution < 1.29 is 30.8 Å². The second kappa shape index (κ2) is 10.3. The summed E-state index contributed by atoms with van der Waals surface area (Å²) in [7, 11) is -3.76. The number of halogens is 5. The molecule has 1 unspecified atom stereocenters. The molecule has 3 saturated carbocycles. The molecule has 0 radical (unpaired) electrons. The Morgan fingerprint density at radius 3 is 2.39 bits per heavy atom. The van der Waals surface area contributed by atoms with Gasteiger partial charge in [-0.1, -0.05) is 55.8 Å². The number of sulfone groups is 1. The fourth-order valence-corrected chi connectivity index (χ4v) is 9.30. The molecule has 0 spiro atoms. The van der Waals surface area contributed by atoms with Gasteiger partial charge in [0.1, 0.15) is 11.9 Å². The van der Waals surface area contributed by atoms with Crippen molar-refractivity contribution in [3.8, 4) is 0 Å². The Morgan fingerprint density at radius 1 is 1.12 bits per heavy atom. The van der Waals surface area contributed by atoms with Crippen molar-refractivity contribution in [2.75, 3.05) is 6.54 Å². The summed E-state index contributed by atoms with van der Waals surface area (Å²) >= 11 is 6.01. The van der Waals surface area contributed by atoms with Crippen molar-refractivity contribution in [2.45, 2.75) is 74.7 Å². The zero-order chi connectivity index (χ0) is 29.8. The van der Waals surface area contributed by atoms with Gasteiger partial charge in [-0.15, -0.1) is 0 Å². The van der Waals surface area contributed by atoms with Gasteiger partial charge in [0.25, 0.3) is 0 Å². The van der Waals surface area contributed by atoms with Crippen LogP contribution in [0, 0.1) is 22.1 Å². The van der Waals surface area contributed by atoms with Crippen LogP contribution in [0.4, 0.5) is 17.6 Å². The van der Waals surface area contributed by atoms with Gasteiger partial charge < -0.3 is 10.6 Å². The van der Waals surface area contributed by atoms with Gasteiger partial charge >= 0.3 is 6.18 Å². The molecule has 1 aliphatic heterocycles. The fourth-order valence-electron chi connectivity index (χ4n) is 6.92. The predicted octanol–water partition coefficient (Wildman–Crippen LogP) is 6.38. The molecule has 41 heavy (non-hydrogen) atoms. The van der Waals surface area contributed by atoms with Crippen LogP contribution in [0.2, 0.25) is 5.02 Å². The zero-order valence-electron chi connectivity index (χ0n) is 22.8. The zero-order valence-corrected chi connectivity index (χ0v) is 24.4. The van der Waals surface area contributed by atoms with Gasteiger partial charge in [-0.25, -0.2) is 12.8 Å². The molecule has 3 aliphatic carbocycles. The number of rotatable bonds is 9. The summed E-state index contributed by atoms with van der Waals surface area (Å²) in [4.78, 5) is 13.1. The molecule has 11 heteroatoms. The average molecular weight is 613 g/mol. The molecule has 6 rings (SSSR count). The van der Waals surface area contributed by atoms with Crippen LogP contribution in [-0.4, -0.2) is 38.3 Å². The molecule has 2 N–H and O–H groups in total. The number of carbonyl (C=O) groups is 1. The van der Waals surface area contributed by atoms with E-state index in [1.54, 1.807) is 36.4 Å². The van der Waals surface area contributed by atoms with Crippen molar-refractivity contribution in [2.24, 2.45) is 16.2 Å². The van der Waals surface area contributed by atoms with Crippen LogP contribution in [0.25, 0.3) is 0 Å². The lowest BCUT2D eigenvalue weighted by atomic mass is 9.32. The number of alkyl halides is 3. The van der Waals surface area contributed by atoms with E-state index in [1.165, 1.54) is 12.1 Å². The first kappa shape index (κ1) is 29.9. The first-order valence-electron chi connectivity index (χ1n) is 13.6. The standard InChI is InChI=1S/C30H33ClF4N2O3S/c1-27(2)11-10-23(37-25(27)26(38)36-13-12-30(33,34)35)28-16-29(17-28,18-28)24(15-19-8-9-22(32)21(31)14-19)41(39,40)20-6-4-3-5-7-20/h3-10,14,24-25,37H,11-13,15-18H2,1-2H3,(H,36,38)/t24?,25-,28?,29?/m0/s1. The molecule has 2 bridgehead atoms. The Bertz CT molecular complexity index is 1450. The maximum Gasteiger partial charge on any atom is 0.390 e. The number of allylic oxidation sites excluding steroid dienone is 2. The third-order valence-corrected chi connectivity index (χ3v) is 11.7. The van der Waals surface area contributed by atoms with E-state index in [9.17, 15) is 30.8 Å². The summed E-state index contributed by atoms with van der Waals surface area (Å²) in [6.07, 6.45) is -0.906. The van der Waals surface area contributed by atoms with Crippen LogP contribution in [-0.2, 0) is 21.1 Å². The molecule has 2 aromatic carbocycles. The summed E-state index contributed by atoms with van der Waals surface area (Å²) in [5.74, 6) is -1.05. The SMILES string of the molecule is CC1(C)CC=C(C23CC(C(Cc4ccc(F)c(Cl)c4)S(=O)(=O)c4ccccc4)(C2)C3)N[C@H]1C(=O)NCCC(F)(F)F. The minimum absolute atomic E-state index is 0.0637. The van der Waals surface area contributed by atoms with Crippen molar-refractivity contribution in [1.82, 2.24) is 10.6 Å². The number of nitrogens with one attached hydrogen (secondary N) is 2. The van der Waals surface area contributed by atoms with Gasteiger partial charge in [-0.3, -0.25) is 4.79 Å². The molecular weight excluding hydrogens is 580 g/mol. The molecule has 4 aliphatic rings. The first-order chi connectivity index (χ1) is 19.1. The highest BCUT2D eigenvalue weighted by Gasteiger charge is 2.74. The highest BCUT2D eigenvalue weighted by molar-refractivity contribution is 7.92. The Hall–Kier alpha value is -2.59. The first-order valence-corrected chi connectivity index (χ1v) is 15.5. The highest BCUT2D eigenvalue weighted by Crippen LogP contribution is 2.78. The van der Waals surface area contributed by atoms with E-state index in [0.29, 0.717) is 31.2 Å². The average Bonchev–Trinajstić information content (AvgIpc) is 2.84. The quantitative estimate of drug-likeness (QED) is 0.323. The van der Waals surface area contributed by atoms with Crippen LogP contribution in [0.5, 0.6) is 0 Å². The number of hydrogen-bond donors (Lipinski definition) is 2. The lowest BCUT2D eigenvalue weighted by Crippen LogP contribution is -2.71. The minimum atomic E-state index is -4.36. The molecule has 3 fully saturated rings. The lowest BCUT2D eigenvalue weighted by molar-refractivity contribution is -0.183. The van der Waals surface area contributed by atoms with Gasteiger partial charge in [0.2, 0.25) is 5.91 Å². The normalized spacial score (nSPS) is 27.5. The molecule has 0 aromatic heterocycles. The predicted molar refractivity (Wildman–Crippen MR) is 148 cm³/mol. The van der Waals surface area contributed by atoms with Crippen molar-refractivity contribution in [1.29, 1.82) is 0 Å².